The van der Waals surface area contributed by atoms with Crippen molar-refractivity contribution in [1.29, 1.82) is 0 Å². The van der Waals surface area contributed by atoms with Crippen molar-refractivity contribution in [2.24, 2.45) is 0 Å². The summed E-state index contributed by atoms with van der Waals surface area (Å²) in [6, 6.07) is -2.81. The number of hydrogen-bond acceptors (Lipinski definition) is 3. The number of benzene rings is 4. The van der Waals surface area contributed by atoms with Gasteiger partial charge in [0, 0.05) is 22.3 Å². The molecule has 4 aromatic rings. The molecule has 4 aromatic carbocycles. The molecule has 0 radical (unpaired) electrons. The molecular weight excluding hydrogens is 791 g/mol. The summed E-state index contributed by atoms with van der Waals surface area (Å²) >= 11 is 0. The Balaban J connectivity index is 2.61. The molecule has 0 spiro atoms. The van der Waals surface area contributed by atoms with Gasteiger partial charge in [0.1, 0.15) is 0 Å². The van der Waals surface area contributed by atoms with E-state index in [1.807, 2.05) is 0 Å². The van der Waals surface area contributed by atoms with E-state index in [1.54, 1.807) is 0 Å². The van der Waals surface area contributed by atoms with E-state index < -0.39 is 165 Å². The zero-order valence-electron chi connectivity index (χ0n) is 24.1. The van der Waals surface area contributed by atoms with Crippen LogP contribution in [0.3, 0.4) is 0 Å². The molecule has 1 unspecified atom stereocenters. The largest absolute Gasteiger partial charge is 0.623 e. The van der Waals surface area contributed by atoms with Crippen LogP contribution in [0.2, 0.25) is 6.55 Å². The minimum atomic E-state index is -7.30. The molecule has 4 rings (SSSR count). The van der Waals surface area contributed by atoms with E-state index >= 15 is 35.1 Å². The van der Waals surface area contributed by atoms with E-state index in [0.29, 0.717) is 0 Å². The molecule has 25 heteroatoms. The van der Waals surface area contributed by atoms with Gasteiger partial charge in [-0.05, 0) is 12.6 Å². The normalized spacial score (nSPS) is 13.2. The van der Waals surface area contributed by atoms with Crippen LogP contribution < -0.4 is 0 Å². The van der Waals surface area contributed by atoms with Gasteiger partial charge in [-0.3, -0.25) is 0 Å². The van der Waals surface area contributed by atoms with Crippen LogP contribution in [0.1, 0.15) is 22.3 Å². The Morgan fingerprint density at radius 3 is 0.788 bits per heavy atom. The highest BCUT2D eigenvalue weighted by Gasteiger charge is 2.66. The van der Waals surface area contributed by atoms with Crippen molar-refractivity contribution in [2.75, 3.05) is 0 Å². The molecule has 2 N–H and O–H groups in total. The van der Waals surface area contributed by atoms with Gasteiger partial charge in [0.25, 0.3) is 0 Å². The van der Waals surface area contributed by atoms with Gasteiger partial charge in [-0.25, -0.2) is 87.8 Å². The number of rotatable bonds is 8. The van der Waals surface area contributed by atoms with Gasteiger partial charge >= 0.3 is 7.32 Å². The van der Waals surface area contributed by atoms with Crippen molar-refractivity contribution in [3.05, 3.63) is 139 Å². The summed E-state index contributed by atoms with van der Waals surface area (Å²) in [5.41, 5.74) is -12.9. The van der Waals surface area contributed by atoms with E-state index in [2.05, 4.69) is 4.34 Å². The second kappa shape index (κ2) is 13.6. The molecule has 0 amide bonds. The fraction of sp³-hybridized carbons (Fsp3) is 0.111. The van der Waals surface area contributed by atoms with Crippen molar-refractivity contribution >= 4 is 15.6 Å². The maximum atomic E-state index is 15.9. The van der Waals surface area contributed by atoms with E-state index in [9.17, 15) is 62.7 Å². The SMILES string of the molecule is C[Si](Cc1c(F)c(F)c(F)c(F)c1F)(OB(O)O)C(c1c(F)c(F)c(F)c(F)c1F)(c1c(F)c(F)c(F)c(F)c1F)c1c(F)c(F)c(F)c(F)c1F. The zero-order chi connectivity index (χ0) is 39.8. The van der Waals surface area contributed by atoms with E-state index in [4.69, 9.17) is 0 Å². The Hall–Kier alpha value is -4.36. The van der Waals surface area contributed by atoms with Crippen LogP contribution in [-0.2, 0) is 15.4 Å². The molecule has 0 aliphatic heterocycles. The lowest BCUT2D eigenvalue weighted by Crippen LogP contribution is -2.64. The average Bonchev–Trinajstić information content (AvgIpc) is 3.09. The van der Waals surface area contributed by atoms with Gasteiger partial charge in [-0.1, -0.05) is 0 Å². The molecule has 280 valence electrons. The summed E-state index contributed by atoms with van der Waals surface area (Å²) in [4.78, 5) is 0. The lowest BCUT2D eigenvalue weighted by atomic mass is 9.80. The molecule has 0 aliphatic rings. The highest BCUT2D eigenvalue weighted by atomic mass is 28.4. The Morgan fingerprint density at radius 2 is 0.577 bits per heavy atom. The molecule has 0 aliphatic carbocycles. The van der Waals surface area contributed by atoms with Gasteiger partial charge < -0.3 is 14.4 Å². The smallest absolute Gasteiger partial charge is 0.427 e. The van der Waals surface area contributed by atoms with Crippen LogP contribution in [0.5, 0.6) is 0 Å². The predicted octanol–water partition coefficient (Wildman–Crippen LogP) is 7.69. The van der Waals surface area contributed by atoms with Crippen molar-refractivity contribution in [3.8, 4) is 0 Å². The second-order valence-corrected chi connectivity index (χ2v) is 14.3. The summed E-state index contributed by atoms with van der Waals surface area (Å²) in [5, 5.41) is 13.7. The maximum Gasteiger partial charge on any atom is 0.623 e. The lowest BCUT2D eigenvalue weighted by Gasteiger charge is -2.48. The third-order valence-corrected chi connectivity index (χ3v) is 11.8. The van der Waals surface area contributed by atoms with E-state index in [1.165, 1.54) is 0 Å². The predicted molar refractivity (Wildman–Crippen MR) is 131 cm³/mol. The molecule has 0 bridgehead atoms. The third-order valence-electron chi connectivity index (χ3n) is 7.73. The third kappa shape index (κ3) is 5.50. The Kier molecular flexibility index (Phi) is 10.5. The summed E-state index contributed by atoms with van der Waals surface area (Å²) in [6.45, 7) is -0.376. The molecule has 52 heavy (non-hydrogen) atoms. The number of halogens is 20. The summed E-state index contributed by atoms with van der Waals surface area (Å²) in [7, 11) is -11.3. The first-order chi connectivity index (χ1) is 23.8. The molecule has 3 nitrogen and oxygen atoms in total. The van der Waals surface area contributed by atoms with Crippen LogP contribution in [0.4, 0.5) is 87.8 Å². The summed E-state index contributed by atoms with van der Waals surface area (Å²) in [6.07, 6.45) is 0. The van der Waals surface area contributed by atoms with Crippen molar-refractivity contribution in [2.45, 2.75) is 17.6 Å². The highest BCUT2D eigenvalue weighted by molar-refractivity contribution is 6.80. The standard InChI is InChI=1S/C27H7BF20O3Si/c1-52(51-28(49)50,2-3-7(29)15(37)23(45)16(38)8(3)30)27(4-9(31)17(39)24(46)18(40)10(4)32,5-11(33)19(41)25(47)20(42)12(5)34)6-13(35)21(43)26(48)22(44)14(6)36/h49-50H,2H2,1H3. The van der Waals surface area contributed by atoms with Crippen LogP contribution in [0.25, 0.3) is 0 Å². The summed E-state index contributed by atoms with van der Waals surface area (Å²) in [5.74, 6) is -68.2. The first kappa shape index (κ1) is 40.4. The van der Waals surface area contributed by atoms with Crippen LogP contribution in [0, 0.1) is 116 Å². The molecular formula is C27H7BF20O3Si. The molecule has 0 heterocycles. The van der Waals surface area contributed by atoms with Crippen LogP contribution in [-0.4, -0.2) is 25.7 Å². The highest BCUT2D eigenvalue weighted by Crippen LogP contribution is 2.55. The zero-order valence-corrected chi connectivity index (χ0v) is 25.1. The second-order valence-electron chi connectivity index (χ2n) is 10.5. The Bertz CT molecular complexity index is 1900. The van der Waals surface area contributed by atoms with Crippen LogP contribution in [0.15, 0.2) is 0 Å². The van der Waals surface area contributed by atoms with Crippen molar-refractivity contribution < 1.29 is 102 Å². The fourth-order valence-corrected chi connectivity index (χ4v) is 9.83. The molecule has 0 saturated heterocycles. The van der Waals surface area contributed by atoms with Gasteiger partial charge in [0.05, 0.1) is 5.04 Å². The quantitative estimate of drug-likeness (QED) is 0.0633. The van der Waals surface area contributed by atoms with Gasteiger partial charge in [0.15, 0.2) is 93.1 Å². The minimum absolute atomic E-state index is 0.376. The average molecular weight is 798 g/mol. The monoisotopic (exact) mass is 798 g/mol. The van der Waals surface area contributed by atoms with E-state index in [-0.39, 0.29) is 6.55 Å². The summed E-state index contributed by atoms with van der Waals surface area (Å²) < 4.78 is 304. The van der Waals surface area contributed by atoms with Crippen LogP contribution >= 0.6 is 0 Å². The number of hydrogen-bond donors (Lipinski definition) is 2. The van der Waals surface area contributed by atoms with E-state index in [0.717, 1.165) is 0 Å². The topological polar surface area (TPSA) is 49.7 Å². The van der Waals surface area contributed by atoms with Crippen molar-refractivity contribution in [1.82, 2.24) is 0 Å². The molecule has 1 atom stereocenters. The Morgan fingerprint density at radius 1 is 0.385 bits per heavy atom. The van der Waals surface area contributed by atoms with Gasteiger partial charge in [-0.15, -0.1) is 0 Å². The maximum absolute atomic E-state index is 15.9. The molecule has 0 fully saturated rings. The van der Waals surface area contributed by atoms with Gasteiger partial charge in [-0.2, -0.15) is 0 Å². The molecule has 0 aromatic heterocycles. The molecule has 0 saturated carbocycles. The fourth-order valence-electron chi connectivity index (χ4n) is 5.61. The lowest BCUT2D eigenvalue weighted by molar-refractivity contribution is 0.267. The van der Waals surface area contributed by atoms with Crippen molar-refractivity contribution in [3.63, 3.8) is 0 Å². The minimum Gasteiger partial charge on any atom is -0.427 e. The van der Waals surface area contributed by atoms with Gasteiger partial charge in [0.2, 0.25) is 31.6 Å². The first-order valence-corrected chi connectivity index (χ1v) is 15.6. The Labute approximate surface area is 274 Å². The first-order valence-electron chi connectivity index (χ1n) is 12.9.